The van der Waals surface area contributed by atoms with Crippen LogP contribution in [0.5, 0.6) is 0 Å². The van der Waals surface area contributed by atoms with Gasteiger partial charge in [0.05, 0.1) is 5.56 Å². The Labute approximate surface area is 130 Å². The molecule has 0 radical (unpaired) electrons. The zero-order valence-corrected chi connectivity index (χ0v) is 14.2. The largest absolute Gasteiger partial charge is 0.341 e. The van der Waals surface area contributed by atoms with E-state index in [4.69, 9.17) is 0 Å². The van der Waals surface area contributed by atoms with Crippen LogP contribution in [0.4, 0.5) is 0 Å². The predicted molar refractivity (Wildman–Crippen MR) is 85.8 cm³/mol. The van der Waals surface area contributed by atoms with Crippen LogP contribution in [0.25, 0.3) is 0 Å². The molecule has 0 spiro atoms. The monoisotopic (exact) mass is 421 g/mol. The van der Waals surface area contributed by atoms with Gasteiger partial charge in [-0.25, -0.2) is 0 Å². The molecule has 1 fully saturated rings. The smallest absolute Gasteiger partial charge is 0.254 e. The Morgan fingerprint density at radius 3 is 2.78 bits per heavy atom. The van der Waals surface area contributed by atoms with Gasteiger partial charge in [-0.3, -0.25) is 4.79 Å². The molecule has 0 N–H and O–H groups in total. The topological polar surface area (TPSA) is 20.3 Å². The Hall–Kier alpha value is -0.100. The number of rotatable bonds is 3. The Morgan fingerprint density at radius 1 is 1.44 bits per heavy atom. The van der Waals surface area contributed by atoms with Gasteiger partial charge in [-0.1, -0.05) is 28.8 Å². The molecule has 1 aliphatic carbocycles. The van der Waals surface area contributed by atoms with Crippen molar-refractivity contribution in [3.63, 3.8) is 0 Å². The number of hydrogen-bond acceptors (Lipinski definition) is 1. The van der Waals surface area contributed by atoms with E-state index in [0.29, 0.717) is 5.92 Å². The number of halogens is 2. The molecule has 1 saturated carbocycles. The van der Waals surface area contributed by atoms with E-state index >= 15 is 0 Å². The SMILES string of the molecule is CN(CC1CCCC1)C(=O)c1cc(Br)ccc1I. The van der Waals surface area contributed by atoms with Gasteiger partial charge in [-0.15, -0.1) is 0 Å². The van der Waals surface area contributed by atoms with Crippen molar-refractivity contribution in [2.75, 3.05) is 13.6 Å². The van der Waals surface area contributed by atoms with Crippen LogP contribution in [0.2, 0.25) is 0 Å². The van der Waals surface area contributed by atoms with Crippen LogP contribution in [0.3, 0.4) is 0 Å². The third-order valence-electron chi connectivity index (χ3n) is 3.51. The second kappa shape index (κ2) is 6.37. The van der Waals surface area contributed by atoms with Gasteiger partial charge in [0.1, 0.15) is 0 Å². The molecule has 1 amide bonds. The van der Waals surface area contributed by atoms with E-state index < -0.39 is 0 Å². The van der Waals surface area contributed by atoms with Crippen LogP contribution in [-0.2, 0) is 0 Å². The van der Waals surface area contributed by atoms with Crippen LogP contribution in [0.1, 0.15) is 36.0 Å². The van der Waals surface area contributed by atoms with Crippen LogP contribution in [0.15, 0.2) is 22.7 Å². The fourth-order valence-electron chi connectivity index (χ4n) is 2.53. The van der Waals surface area contributed by atoms with E-state index in [2.05, 4.69) is 38.5 Å². The molecule has 0 atom stereocenters. The molecule has 0 saturated heterocycles. The standard InChI is InChI=1S/C14H17BrINO/c1-17(9-10-4-2-3-5-10)14(18)12-8-11(15)6-7-13(12)16/h6-8,10H,2-5,9H2,1H3. The molecule has 18 heavy (non-hydrogen) atoms. The van der Waals surface area contributed by atoms with Gasteiger partial charge in [-0.05, 0) is 59.5 Å². The van der Waals surface area contributed by atoms with E-state index in [1.165, 1.54) is 25.7 Å². The average molecular weight is 422 g/mol. The summed E-state index contributed by atoms with van der Waals surface area (Å²) in [5.41, 5.74) is 0.797. The first-order valence-electron chi connectivity index (χ1n) is 6.28. The summed E-state index contributed by atoms with van der Waals surface area (Å²) in [6.45, 7) is 0.890. The van der Waals surface area contributed by atoms with Crippen LogP contribution in [-0.4, -0.2) is 24.4 Å². The maximum atomic E-state index is 12.4. The maximum absolute atomic E-state index is 12.4. The molecule has 1 aromatic carbocycles. The van der Waals surface area contributed by atoms with Crippen molar-refractivity contribution in [2.45, 2.75) is 25.7 Å². The molecule has 0 aromatic heterocycles. The third-order valence-corrected chi connectivity index (χ3v) is 4.95. The third kappa shape index (κ3) is 3.47. The van der Waals surface area contributed by atoms with Crippen LogP contribution >= 0.6 is 38.5 Å². The summed E-state index contributed by atoms with van der Waals surface area (Å²) in [4.78, 5) is 14.3. The number of amides is 1. The van der Waals surface area contributed by atoms with Crippen molar-refractivity contribution in [1.82, 2.24) is 4.90 Å². The highest BCUT2D eigenvalue weighted by molar-refractivity contribution is 14.1. The quantitative estimate of drug-likeness (QED) is 0.665. The minimum atomic E-state index is 0.132. The van der Waals surface area contributed by atoms with Gasteiger partial charge >= 0.3 is 0 Å². The highest BCUT2D eigenvalue weighted by Crippen LogP contribution is 2.26. The fourth-order valence-corrected chi connectivity index (χ4v) is 3.46. The Kier molecular flexibility index (Phi) is 5.06. The molecule has 2 nitrogen and oxygen atoms in total. The Bertz CT molecular complexity index is 443. The molecule has 0 bridgehead atoms. The normalized spacial score (nSPS) is 15.9. The summed E-state index contributed by atoms with van der Waals surface area (Å²) in [5.74, 6) is 0.830. The van der Waals surface area contributed by atoms with Crippen LogP contribution < -0.4 is 0 Å². The van der Waals surface area contributed by atoms with E-state index in [-0.39, 0.29) is 5.91 Å². The van der Waals surface area contributed by atoms with Crippen LogP contribution in [0, 0.1) is 9.49 Å². The van der Waals surface area contributed by atoms with Crippen molar-refractivity contribution in [3.05, 3.63) is 31.8 Å². The maximum Gasteiger partial charge on any atom is 0.254 e. The first-order valence-corrected chi connectivity index (χ1v) is 8.15. The summed E-state index contributed by atoms with van der Waals surface area (Å²) in [6.07, 6.45) is 5.18. The van der Waals surface area contributed by atoms with Gasteiger partial charge in [0.15, 0.2) is 0 Å². The molecule has 0 unspecified atom stereocenters. The summed E-state index contributed by atoms with van der Waals surface area (Å²) in [6, 6.07) is 5.85. The molecular formula is C14H17BrINO. The minimum Gasteiger partial charge on any atom is -0.341 e. The van der Waals surface area contributed by atoms with Crippen molar-refractivity contribution in [2.24, 2.45) is 5.92 Å². The average Bonchev–Trinajstić information content (AvgIpc) is 2.84. The second-order valence-corrected chi connectivity index (χ2v) is 7.04. The van der Waals surface area contributed by atoms with E-state index in [0.717, 1.165) is 20.2 Å². The van der Waals surface area contributed by atoms with Gasteiger partial charge in [-0.2, -0.15) is 0 Å². The lowest BCUT2D eigenvalue weighted by atomic mass is 10.1. The lowest BCUT2D eigenvalue weighted by molar-refractivity contribution is 0.0772. The molecule has 2 rings (SSSR count). The van der Waals surface area contributed by atoms with E-state index in [9.17, 15) is 4.79 Å². The minimum absolute atomic E-state index is 0.132. The summed E-state index contributed by atoms with van der Waals surface area (Å²) in [5, 5.41) is 0. The molecule has 1 aliphatic rings. The Morgan fingerprint density at radius 2 is 2.11 bits per heavy atom. The summed E-state index contributed by atoms with van der Waals surface area (Å²) in [7, 11) is 1.91. The number of benzene rings is 1. The lowest BCUT2D eigenvalue weighted by Crippen LogP contribution is -2.31. The first kappa shape index (κ1) is 14.3. The van der Waals surface area contributed by atoms with Crippen molar-refractivity contribution < 1.29 is 4.79 Å². The zero-order chi connectivity index (χ0) is 13.1. The van der Waals surface area contributed by atoms with Gasteiger partial charge in [0, 0.05) is 21.6 Å². The van der Waals surface area contributed by atoms with Gasteiger partial charge in [0.25, 0.3) is 5.91 Å². The number of nitrogens with zero attached hydrogens (tertiary/aromatic N) is 1. The zero-order valence-electron chi connectivity index (χ0n) is 10.5. The van der Waals surface area contributed by atoms with Gasteiger partial charge < -0.3 is 4.90 Å². The molecular weight excluding hydrogens is 405 g/mol. The van der Waals surface area contributed by atoms with Crippen molar-refractivity contribution in [3.8, 4) is 0 Å². The number of carbonyl (C=O) groups excluding carboxylic acids is 1. The molecule has 0 heterocycles. The van der Waals surface area contributed by atoms with E-state index in [1.54, 1.807) is 0 Å². The molecule has 0 aliphatic heterocycles. The highest BCUT2D eigenvalue weighted by atomic mass is 127. The Balaban J connectivity index is 2.07. The van der Waals surface area contributed by atoms with Crippen molar-refractivity contribution >= 4 is 44.4 Å². The molecule has 98 valence electrons. The first-order chi connectivity index (χ1) is 8.58. The fraction of sp³-hybridized carbons (Fsp3) is 0.500. The van der Waals surface area contributed by atoms with Crippen molar-refractivity contribution in [1.29, 1.82) is 0 Å². The second-order valence-electron chi connectivity index (χ2n) is 4.96. The molecule has 1 aromatic rings. The van der Waals surface area contributed by atoms with E-state index in [1.807, 2.05) is 30.1 Å². The number of carbonyl (C=O) groups is 1. The summed E-state index contributed by atoms with van der Waals surface area (Å²) >= 11 is 5.65. The highest BCUT2D eigenvalue weighted by Gasteiger charge is 2.21. The number of hydrogen-bond donors (Lipinski definition) is 0. The predicted octanol–water partition coefficient (Wildman–Crippen LogP) is 4.32. The summed E-state index contributed by atoms with van der Waals surface area (Å²) < 4.78 is 1.97. The molecule has 4 heteroatoms. The lowest BCUT2D eigenvalue weighted by Gasteiger charge is -2.21. The van der Waals surface area contributed by atoms with Gasteiger partial charge in [0.2, 0.25) is 0 Å².